The van der Waals surface area contributed by atoms with Crippen LogP contribution in [0.25, 0.3) is 0 Å². The molecular formula is C11H19F3O. The van der Waals surface area contributed by atoms with E-state index in [1.165, 1.54) is 0 Å². The van der Waals surface area contributed by atoms with Crippen molar-refractivity contribution in [1.29, 1.82) is 0 Å². The second-order valence-corrected chi connectivity index (χ2v) is 4.55. The molecule has 0 aromatic carbocycles. The van der Waals surface area contributed by atoms with Gasteiger partial charge in [0.1, 0.15) is 6.61 Å². The van der Waals surface area contributed by atoms with E-state index in [0.29, 0.717) is 12.3 Å². The Balaban J connectivity index is 2.51. The van der Waals surface area contributed by atoms with Gasteiger partial charge in [0, 0.05) is 0 Å². The minimum absolute atomic E-state index is 0.296. The van der Waals surface area contributed by atoms with Crippen LogP contribution in [0.15, 0.2) is 0 Å². The van der Waals surface area contributed by atoms with Gasteiger partial charge >= 0.3 is 6.18 Å². The molecule has 0 aromatic heterocycles. The van der Waals surface area contributed by atoms with E-state index in [4.69, 9.17) is 4.74 Å². The first kappa shape index (κ1) is 12.8. The molecule has 0 bridgehead atoms. The third-order valence-corrected chi connectivity index (χ3v) is 3.49. The second-order valence-electron chi connectivity index (χ2n) is 4.55. The molecule has 0 spiro atoms. The maximum Gasteiger partial charge on any atom is 0.411 e. The summed E-state index contributed by atoms with van der Waals surface area (Å²) in [6.45, 7) is 2.59. The summed E-state index contributed by atoms with van der Waals surface area (Å²) >= 11 is 0. The molecule has 15 heavy (non-hydrogen) atoms. The number of ether oxygens (including phenoxy) is 1. The van der Waals surface area contributed by atoms with Crippen LogP contribution in [0.3, 0.4) is 0 Å². The Morgan fingerprint density at radius 3 is 2.13 bits per heavy atom. The highest BCUT2D eigenvalue weighted by atomic mass is 19.4. The van der Waals surface area contributed by atoms with Gasteiger partial charge in [-0.05, 0) is 32.1 Å². The highest BCUT2D eigenvalue weighted by Gasteiger charge is 2.39. The van der Waals surface area contributed by atoms with E-state index in [-0.39, 0.29) is 0 Å². The SMILES string of the molecule is CCC(C)(OCC(F)(F)F)C1CCCC1. The molecule has 0 amide bonds. The van der Waals surface area contributed by atoms with E-state index in [1.54, 1.807) is 0 Å². The molecule has 0 saturated heterocycles. The topological polar surface area (TPSA) is 9.23 Å². The Labute approximate surface area is 89.0 Å². The molecule has 0 N–H and O–H groups in total. The monoisotopic (exact) mass is 224 g/mol. The number of hydrogen-bond acceptors (Lipinski definition) is 1. The fourth-order valence-electron chi connectivity index (χ4n) is 2.29. The normalized spacial score (nSPS) is 23.0. The predicted molar refractivity (Wildman–Crippen MR) is 52.7 cm³/mol. The summed E-state index contributed by atoms with van der Waals surface area (Å²) in [6, 6.07) is 0. The van der Waals surface area contributed by atoms with Crippen molar-refractivity contribution in [2.75, 3.05) is 6.61 Å². The van der Waals surface area contributed by atoms with Crippen LogP contribution < -0.4 is 0 Å². The van der Waals surface area contributed by atoms with E-state index >= 15 is 0 Å². The van der Waals surface area contributed by atoms with Gasteiger partial charge < -0.3 is 4.74 Å². The van der Waals surface area contributed by atoms with Crippen molar-refractivity contribution in [2.45, 2.75) is 57.7 Å². The Kier molecular flexibility index (Phi) is 4.04. The second kappa shape index (κ2) is 4.73. The smallest absolute Gasteiger partial charge is 0.366 e. The van der Waals surface area contributed by atoms with E-state index in [9.17, 15) is 13.2 Å². The van der Waals surface area contributed by atoms with Gasteiger partial charge in [0.15, 0.2) is 0 Å². The molecule has 1 aliphatic rings. The summed E-state index contributed by atoms with van der Waals surface area (Å²) in [5.41, 5.74) is -0.591. The first-order valence-electron chi connectivity index (χ1n) is 5.58. The third kappa shape index (κ3) is 3.67. The Hall–Kier alpha value is -0.250. The Bertz CT molecular complexity index is 196. The molecule has 1 nitrogen and oxygen atoms in total. The summed E-state index contributed by atoms with van der Waals surface area (Å²) in [4.78, 5) is 0. The van der Waals surface area contributed by atoms with Crippen molar-refractivity contribution in [2.24, 2.45) is 5.92 Å². The number of rotatable bonds is 4. The Morgan fingerprint density at radius 2 is 1.73 bits per heavy atom. The molecule has 1 saturated carbocycles. The highest BCUT2D eigenvalue weighted by molar-refractivity contribution is 4.86. The lowest BCUT2D eigenvalue weighted by molar-refractivity contribution is -0.212. The maximum atomic E-state index is 12.1. The zero-order valence-corrected chi connectivity index (χ0v) is 9.36. The van der Waals surface area contributed by atoms with Crippen molar-refractivity contribution in [3.05, 3.63) is 0 Å². The molecule has 90 valence electrons. The molecule has 0 heterocycles. The standard InChI is InChI=1S/C11H19F3O/c1-3-10(2,9-6-4-5-7-9)15-8-11(12,13)14/h9H,3-8H2,1-2H3. The van der Waals surface area contributed by atoms with Gasteiger partial charge in [0.25, 0.3) is 0 Å². The fraction of sp³-hybridized carbons (Fsp3) is 1.00. The number of hydrogen-bond donors (Lipinski definition) is 0. The Morgan fingerprint density at radius 1 is 1.20 bits per heavy atom. The minimum Gasteiger partial charge on any atom is -0.366 e. The van der Waals surface area contributed by atoms with Gasteiger partial charge in [-0.1, -0.05) is 19.8 Å². The van der Waals surface area contributed by atoms with Gasteiger partial charge in [-0.15, -0.1) is 0 Å². The first-order valence-corrected chi connectivity index (χ1v) is 5.58. The predicted octanol–water partition coefficient (Wildman–Crippen LogP) is 3.92. The molecular weight excluding hydrogens is 205 g/mol. The van der Waals surface area contributed by atoms with Crippen LogP contribution in [0, 0.1) is 5.92 Å². The van der Waals surface area contributed by atoms with Gasteiger partial charge in [-0.3, -0.25) is 0 Å². The average Bonchev–Trinajstić information content (AvgIpc) is 2.66. The van der Waals surface area contributed by atoms with Crippen LogP contribution in [-0.2, 0) is 4.74 Å². The summed E-state index contributed by atoms with van der Waals surface area (Å²) in [6.07, 6.45) is 0.679. The molecule has 4 heteroatoms. The lowest BCUT2D eigenvalue weighted by atomic mass is 9.85. The van der Waals surface area contributed by atoms with Crippen LogP contribution >= 0.6 is 0 Å². The first-order chi connectivity index (χ1) is 6.87. The lowest BCUT2D eigenvalue weighted by Gasteiger charge is -2.35. The molecule has 1 unspecified atom stereocenters. The zero-order chi connectivity index (χ0) is 11.5. The van der Waals surface area contributed by atoms with Crippen molar-refractivity contribution in [3.63, 3.8) is 0 Å². The molecule has 0 aliphatic heterocycles. The summed E-state index contributed by atoms with van der Waals surface area (Å²) in [7, 11) is 0. The van der Waals surface area contributed by atoms with Crippen LogP contribution in [-0.4, -0.2) is 18.4 Å². The van der Waals surface area contributed by atoms with E-state index < -0.39 is 18.4 Å². The van der Waals surface area contributed by atoms with Crippen LogP contribution in [0.4, 0.5) is 13.2 Å². The van der Waals surface area contributed by atoms with Crippen molar-refractivity contribution < 1.29 is 17.9 Å². The van der Waals surface area contributed by atoms with Crippen LogP contribution in [0.1, 0.15) is 46.0 Å². The molecule has 1 aliphatic carbocycles. The van der Waals surface area contributed by atoms with Crippen LogP contribution in [0.5, 0.6) is 0 Å². The average molecular weight is 224 g/mol. The van der Waals surface area contributed by atoms with Gasteiger partial charge in [-0.25, -0.2) is 0 Å². The number of halogens is 3. The van der Waals surface area contributed by atoms with Crippen LogP contribution in [0.2, 0.25) is 0 Å². The largest absolute Gasteiger partial charge is 0.411 e. The fourth-order valence-corrected chi connectivity index (χ4v) is 2.29. The van der Waals surface area contributed by atoms with Gasteiger partial charge in [-0.2, -0.15) is 13.2 Å². The third-order valence-electron chi connectivity index (χ3n) is 3.49. The van der Waals surface area contributed by atoms with E-state index in [1.807, 2.05) is 13.8 Å². The zero-order valence-electron chi connectivity index (χ0n) is 9.36. The lowest BCUT2D eigenvalue weighted by Crippen LogP contribution is -2.39. The molecule has 1 fully saturated rings. The van der Waals surface area contributed by atoms with E-state index in [0.717, 1.165) is 25.7 Å². The number of alkyl halides is 3. The summed E-state index contributed by atoms with van der Waals surface area (Å²) in [5.74, 6) is 0.296. The van der Waals surface area contributed by atoms with E-state index in [2.05, 4.69) is 0 Å². The molecule has 1 rings (SSSR count). The molecule has 0 radical (unpaired) electrons. The molecule has 1 atom stereocenters. The highest BCUT2D eigenvalue weighted by Crippen LogP contribution is 2.39. The quantitative estimate of drug-likeness (QED) is 0.703. The maximum absolute atomic E-state index is 12.1. The summed E-state index contributed by atoms with van der Waals surface area (Å²) in [5, 5.41) is 0. The van der Waals surface area contributed by atoms with Crippen molar-refractivity contribution in [1.82, 2.24) is 0 Å². The molecule has 0 aromatic rings. The van der Waals surface area contributed by atoms with Crippen molar-refractivity contribution in [3.8, 4) is 0 Å². The summed E-state index contributed by atoms with van der Waals surface area (Å²) < 4.78 is 41.4. The van der Waals surface area contributed by atoms with Gasteiger partial charge in [0.2, 0.25) is 0 Å². The van der Waals surface area contributed by atoms with Gasteiger partial charge in [0.05, 0.1) is 5.60 Å². The minimum atomic E-state index is -4.21. The van der Waals surface area contributed by atoms with Crippen molar-refractivity contribution >= 4 is 0 Å².